The molecule has 20 heavy (non-hydrogen) atoms. The molecule has 3 nitrogen and oxygen atoms in total. The molecule has 2 rings (SSSR count). The number of carboxylic acid groups (broad SMARTS) is 1. The molecule has 0 saturated heterocycles. The third-order valence-electron chi connectivity index (χ3n) is 3.50. The highest BCUT2D eigenvalue weighted by atomic mass is 19.1. The van der Waals surface area contributed by atoms with Crippen LogP contribution in [0.1, 0.15) is 43.2 Å². The summed E-state index contributed by atoms with van der Waals surface area (Å²) in [6.07, 6.45) is 8.38. The van der Waals surface area contributed by atoms with Gasteiger partial charge in [0.2, 0.25) is 0 Å². The van der Waals surface area contributed by atoms with Crippen molar-refractivity contribution < 1.29 is 19.0 Å². The molecule has 0 unspecified atom stereocenters. The van der Waals surface area contributed by atoms with Gasteiger partial charge in [-0.3, -0.25) is 0 Å². The lowest BCUT2D eigenvalue weighted by molar-refractivity contribution is -0.131. The van der Waals surface area contributed by atoms with E-state index in [4.69, 9.17) is 9.84 Å². The zero-order chi connectivity index (χ0) is 14.4. The van der Waals surface area contributed by atoms with E-state index in [0.29, 0.717) is 12.7 Å². The summed E-state index contributed by atoms with van der Waals surface area (Å²) in [5, 5.41) is 8.57. The van der Waals surface area contributed by atoms with E-state index in [1.165, 1.54) is 31.4 Å². The number of rotatable bonds is 5. The molecule has 1 aromatic carbocycles. The molecule has 0 amide bonds. The highest BCUT2D eigenvalue weighted by molar-refractivity contribution is 5.85. The average molecular weight is 278 g/mol. The minimum absolute atomic E-state index is 0.275. The van der Waals surface area contributed by atoms with E-state index in [9.17, 15) is 9.18 Å². The van der Waals surface area contributed by atoms with Crippen LogP contribution in [0.4, 0.5) is 4.39 Å². The van der Waals surface area contributed by atoms with E-state index in [1.807, 2.05) is 0 Å². The van der Waals surface area contributed by atoms with Crippen molar-refractivity contribution in [2.24, 2.45) is 0 Å². The van der Waals surface area contributed by atoms with Gasteiger partial charge in [0, 0.05) is 11.6 Å². The van der Waals surface area contributed by atoms with Gasteiger partial charge in [-0.15, -0.1) is 0 Å². The Morgan fingerprint density at radius 2 is 2.10 bits per heavy atom. The van der Waals surface area contributed by atoms with Crippen molar-refractivity contribution in [3.63, 3.8) is 0 Å². The fourth-order valence-electron chi connectivity index (χ4n) is 2.42. The van der Waals surface area contributed by atoms with Gasteiger partial charge < -0.3 is 9.84 Å². The Morgan fingerprint density at radius 3 is 2.80 bits per heavy atom. The number of hydrogen-bond donors (Lipinski definition) is 1. The van der Waals surface area contributed by atoms with Gasteiger partial charge in [-0.1, -0.05) is 25.3 Å². The molecule has 1 saturated carbocycles. The minimum atomic E-state index is -1.09. The molecule has 1 aliphatic carbocycles. The molecule has 0 atom stereocenters. The lowest BCUT2D eigenvalue weighted by Crippen LogP contribution is -2.16. The van der Waals surface area contributed by atoms with E-state index in [2.05, 4.69) is 0 Å². The van der Waals surface area contributed by atoms with E-state index >= 15 is 0 Å². The SMILES string of the molecule is O=C(O)C=Cc1cc(COC2CCCCC2)ccc1F. The fraction of sp³-hybridized carbons (Fsp3) is 0.438. The van der Waals surface area contributed by atoms with Crippen LogP contribution >= 0.6 is 0 Å². The average Bonchev–Trinajstić information content (AvgIpc) is 2.46. The van der Waals surface area contributed by atoms with Crippen LogP contribution in [0.3, 0.4) is 0 Å². The standard InChI is InChI=1S/C16H19FO3/c17-15-8-6-12(10-13(15)7-9-16(18)19)11-20-14-4-2-1-3-5-14/h6-10,14H,1-5,11H2,(H,18,19). The Kier molecular flexibility index (Phi) is 5.30. The van der Waals surface area contributed by atoms with Crippen LogP contribution in [-0.2, 0) is 16.1 Å². The van der Waals surface area contributed by atoms with Gasteiger partial charge in [0.25, 0.3) is 0 Å². The van der Waals surface area contributed by atoms with Gasteiger partial charge in [-0.25, -0.2) is 9.18 Å². The first-order valence-electron chi connectivity index (χ1n) is 6.96. The molecule has 4 heteroatoms. The maximum atomic E-state index is 13.5. The van der Waals surface area contributed by atoms with E-state index < -0.39 is 11.8 Å². The normalized spacial score (nSPS) is 16.6. The summed E-state index contributed by atoms with van der Waals surface area (Å²) in [6.45, 7) is 0.443. The zero-order valence-corrected chi connectivity index (χ0v) is 11.3. The molecule has 1 N–H and O–H groups in total. The van der Waals surface area contributed by atoms with Gasteiger partial charge in [0.05, 0.1) is 12.7 Å². The second-order valence-corrected chi connectivity index (χ2v) is 5.10. The number of carbonyl (C=O) groups is 1. The molecule has 0 spiro atoms. The van der Waals surface area contributed by atoms with Crippen LogP contribution in [0.2, 0.25) is 0 Å². The molecule has 0 bridgehead atoms. The topological polar surface area (TPSA) is 46.5 Å². The minimum Gasteiger partial charge on any atom is -0.478 e. The van der Waals surface area contributed by atoms with E-state index in [1.54, 1.807) is 12.1 Å². The smallest absolute Gasteiger partial charge is 0.328 e. The van der Waals surface area contributed by atoms with Crippen LogP contribution < -0.4 is 0 Å². The monoisotopic (exact) mass is 278 g/mol. The lowest BCUT2D eigenvalue weighted by atomic mass is 9.98. The number of aliphatic carboxylic acids is 1. The molecule has 0 aliphatic heterocycles. The molecule has 1 aliphatic rings. The third kappa shape index (κ3) is 4.46. The van der Waals surface area contributed by atoms with Crippen molar-refractivity contribution in [2.75, 3.05) is 0 Å². The summed E-state index contributed by atoms with van der Waals surface area (Å²) in [7, 11) is 0. The summed E-state index contributed by atoms with van der Waals surface area (Å²) in [4.78, 5) is 10.5. The molecule has 0 aromatic heterocycles. The van der Waals surface area contributed by atoms with Crippen molar-refractivity contribution in [3.8, 4) is 0 Å². The van der Waals surface area contributed by atoms with Crippen molar-refractivity contribution in [1.82, 2.24) is 0 Å². The highest BCUT2D eigenvalue weighted by Crippen LogP contribution is 2.22. The molecule has 0 heterocycles. The van der Waals surface area contributed by atoms with Crippen LogP contribution in [-0.4, -0.2) is 17.2 Å². The Labute approximate surface area is 118 Å². The predicted molar refractivity (Wildman–Crippen MR) is 74.7 cm³/mol. The first-order valence-corrected chi connectivity index (χ1v) is 6.96. The lowest BCUT2D eigenvalue weighted by Gasteiger charge is -2.22. The maximum Gasteiger partial charge on any atom is 0.328 e. The predicted octanol–water partition coefficient (Wildman–Crippen LogP) is 3.77. The molecular weight excluding hydrogens is 259 g/mol. The van der Waals surface area contributed by atoms with Crippen LogP contribution in [0.15, 0.2) is 24.3 Å². The summed E-state index contributed by atoms with van der Waals surface area (Å²) >= 11 is 0. The largest absolute Gasteiger partial charge is 0.478 e. The molecular formula is C16H19FO3. The van der Waals surface area contributed by atoms with Gasteiger partial charge in [-0.05, 0) is 36.6 Å². The van der Waals surface area contributed by atoms with Crippen LogP contribution in [0.25, 0.3) is 6.08 Å². The first kappa shape index (κ1) is 14.7. The van der Waals surface area contributed by atoms with Gasteiger partial charge in [0.15, 0.2) is 0 Å². The van der Waals surface area contributed by atoms with Gasteiger partial charge in [-0.2, -0.15) is 0 Å². The Morgan fingerprint density at radius 1 is 1.35 bits per heavy atom. The highest BCUT2D eigenvalue weighted by Gasteiger charge is 2.13. The van der Waals surface area contributed by atoms with Gasteiger partial charge in [0.1, 0.15) is 5.82 Å². The van der Waals surface area contributed by atoms with Crippen molar-refractivity contribution in [2.45, 2.75) is 44.8 Å². The van der Waals surface area contributed by atoms with Crippen LogP contribution in [0, 0.1) is 5.82 Å². The van der Waals surface area contributed by atoms with Gasteiger partial charge >= 0.3 is 5.97 Å². The number of carboxylic acids is 1. The summed E-state index contributed by atoms with van der Waals surface area (Å²) in [5.74, 6) is -1.52. The zero-order valence-electron chi connectivity index (χ0n) is 11.3. The maximum absolute atomic E-state index is 13.5. The quantitative estimate of drug-likeness (QED) is 0.834. The second kappa shape index (κ2) is 7.20. The Hall–Kier alpha value is -1.68. The van der Waals surface area contributed by atoms with Crippen molar-refractivity contribution in [3.05, 3.63) is 41.2 Å². The molecule has 1 aromatic rings. The number of hydrogen-bond acceptors (Lipinski definition) is 2. The van der Waals surface area contributed by atoms with Crippen molar-refractivity contribution in [1.29, 1.82) is 0 Å². The fourth-order valence-corrected chi connectivity index (χ4v) is 2.42. The van der Waals surface area contributed by atoms with E-state index in [-0.39, 0.29) is 5.56 Å². The van der Waals surface area contributed by atoms with Crippen LogP contribution in [0.5, 0.6) is 0 Å². The number of ether oxygens (including phenoxy) is 1. The number of halogens is 1. The molecule has 1 fully saturated rings. The summed E-state index contributed by atoms with van der Waals surface area (Å²) in [6, 6.07) is 4.66. The van der Waals surface area contributed by atoms with E-state index in [0.717, 1.165) is 24.5 Å². The first-order chi connectivity index (χ1) is 9.65. The summed E-state index contributed by atoms with van der Waals surface area (Å²) in [5.41, 5.74) is 1.14. The molecule has 0 radical (unpaired) electrons. The van der Waals surface area contributed by atoms with Crippen molar-refractivity contribution >= 4 is 12.0 Å². The second-order valence-electron chi connectivity index (χ2n) is 5.10. The Balaban J connectivity index is 1.97. The Bertz CT molecular complexity index is 490. The summed E-state index contributed by atoms with van der Waals surface area (Å²) < 4.78 is 19.4. The number of benzene rings is 1. The third-order valence-corrected chi connectivity index (χ3v) is 3.50. The molecule has 108 valence electrons.